The number of ketones is 2. The normalized spacial score (nSPS) is 15.6. The molecule has 0 fully saturated rings. The lowest BCUT2D eigenvalue weighted by atomic mass is 9.85. The maximum Gasteiger partial charge on any atom is 0.194 e. The topological polar surface area (TPSA) is 43.4 Å². The Morgan fingerprint density at radius 2 is 1.31 bits per heavy atom. The number of carbonyl (C=O) groups is 2. The third-order valence-corrected chi connectivity index (χ3v) is 5.82. The van der Waals surface area contributed by atoms with Crippen LogP contribution in [0.25, 0.3) is 16.7 Å². The van der Waals surface area contributed by atoms with E-state index in [2.05, 4.69) is 0 Å². The van der Waals surface area contributed by atoms with Crippen LogP contribution in [0.5, 0.6) is 5.75 Å². The van der Waals surface area contributed by atoms with Crippen molar-refractivity contribution in [3.8, 4) is 16.9 Å². The second kappa shape index (κ2) is 5.76. The Bertz CT molecular complexity index is 1130. The number of para-hydroxylation sites is 1. The zero-order valence-electron chi connectivity index (χ0n) is 13.7. The molecule has 5 rings (SSSR count). The van der Waals surface area contributed by atoms with Gasteiger partial charge in [-0.3, -0.25) is 9.59 Å². The van der Waals surface area contributed by atoms with Crippen LogP contribution in [-0.4, -0.2) is 11.6 Å². The number of benzene rings is 3. The van der Waals surface area contributed by atoms with Crippen LogP contribution < -0.4 is 9.83 Å². The predicted molar refractivity (Wildman–Crippen MR) is 104 cm³/mol. The van der Waals surface area contributed by atoms with Gasteiger partial charge in [-0.25, -0.2) is 0 Å². The molecule has 26 heavy (non-hydrogen) atoms. The molecule has 1 atom stereocenters. The van der Waals surface area contributed by atoms with Crippen molar-refractivity contribution in [1.29, 1.82) is 0 Å². The van der Waals surface area contributed by atoms with E-state index in [4.69, 9.17) is 4.52 Å². The molecule has 1 heterocycles. The Morgan fingerprint density at radius 3 is 2.15 bits per heavy atom. The van der Waals surface area contributed by atoms with Crippen LogP contribution >= 0.6 is 8.81 Å². The number of fused-ring (bicyclic) bond motifs is 4. The fraction of sp³-hybridized carbons (Fsp3) is 0. The Kier molecular flexibility index (Phi) is 3.37. The molecular weight excluding hydrogens is 343 g/mol. The fourth-order valence-electron chi connectivity index (χ4n) is 3.51. The molecule has 0 spiro atoms. The van der Waals surface area contributed by atoms with E-state index in [1.165, 1.54) is 6.08 Å². The van der Waals surface area contributed by atoms with Crippen LogP contribution in [0.1, 0.15) is 26.3 Å². The first-order valence-electron chi connectivity index (χ1n) is 8.29. The number of Topliss-reactive ketones (excluding diaryl/α,β-unsaturated/α-hetero) is 1. The van der Waals surface area contributed by atoms with Crippen molar-refractivity contribution in [2.24, 2.45) is 0 Å². The van der Waals surface area contributed by atoms with Crippen molar-refractivity contribution in [1.82, 2.24) is 0 Å². The van der Waals surface area contributed by atoms with Crippen LogP contribution in [0.2, 0.25) is 0 Å². The minimum absolute atomic E-state index is 0.0933. The highest BCUT2D eigenvalue weighted by Gasteiger charge is 2.29. The van der Waals surface area contributed by atoms with Gasteiger partial charge in [0.2, 0.25) is 0 Å². The second-order valence-electron chi connectivity index (χ2n) is 6.23. The molecule has 124 valence electrons. The summed E-state index contributed by atoms with van der Waals surface area (Å²) in [6, 6.07) is 20.7. The number of hydrogen-bond acceptors (Lipinski definition) is 3. The van der Waals surface area contributed by atoms with Crippen molar-refractivity contribution in [3.05, 3.63) is 89.5 Å². The summed E-state index contributed by atoms with van der Waals surface area (Å²) in [6.45, 7) is 0. The number of allylic oxidation sites excluding steroid dienone is 2. The van der Waals surface area contributed by atoms with Gasteiger partial charge in [0.25, 0.3) is 0 Å². The Hall–Kier alpha value is -3.03. The highest BCUT2D eigenvalue weighted by atomic mass is 31.1. The monoisotopic (exact) mass is 356 g/mol. The Labute approximate surface area is 152 Å². The first kappa shape index (κ1) is 15.2. The number of carbonyl (C=O) groups excluding carboxylic acids is 2. The first-order chi connectivity index (χ1) is 12.7. The van der Waals surface area contributed by atoms with Gasteiger partial charge in [-0.1, -0.05) is 60.7 Å². The average Bonchev–Trinajstić information content (AvgIpc) is 2.70. The zero-order valence-corrected chi connectivity index (χ0v) is 14.7. The van der Waals surface area contributed by atoms with E-state index in [-0.39, 0.29) is 20.4 Å². The molecule has 0 amide bonds. The Balaban J connectivity index is 1.70. The van der Waals surface area contributed by atoms with E-state index in [0.717, 1.165) is 27.7 Å². The highest BCUT2D eigenvalue weighted by Crippen LogP contribution is 2.41. The van der Waals surface area contributed by atoms with E-state index in [1.54, 1.807) is 24.3 Å². The maximum absolute atomic E-state index is 13.0. The van der Waals surface area contributed by atoms with Crippen molar-refractivity contribution >= 4 is 31.3 Å². The van der Waals surface area contributed by atoms with Gasteiger partial charge in [0.15, 0.2) is 11.6 Å². The molecule has 1 unspecified atom stereocenters. The maximum atomic E-state index is 13.0. The molecule has 0 radical (unpaired) electrons. The quantitative estimate of drug-likeness (QED) is 0.606. The van der Waals surface area contributed by atoms with E-state index < -0.39 is 0 Å². The molecule has 0 bridgehead atoms. The van der Waals surface area contributed by atoms with Crippen LogP contribution in [-0.2, 0) is 0 Å². The van der Waals surface area contributed by atoms with Crippen LogP contribution in [0.15, 0.2) is 72.8 Å². The van der Waals surface area contributed by atoms with Crippen molar-refractivity contribution in [3.63, 3.8) is 0 Å². The third kappa shape index (κ3) is 2.18. The summed E-state index contributed by atoms with van der Waals surface area (Å²) >= 11 is 0. The van der Waals surface area contributed by atoms with Gasteiger partial charge in [-0.2, -0.15) is 0 Å². The van der Waals surface area contributed by atoms with Gasteiger partial charge >= 0.3 is 0 Å². The molecule has 1 aliphatic carbocycles. The van der Waals surface area contributed by atoms with Gasteiger partial charge in [0.05, 0.1) is 0 Å². The molecule has 2 aliphatic rings. The minimum Gasteiger partial charge on any atom is -0.472 e. The van der Waals surface area contributed by atoms with Gasteiger partial charge in [0.1, 0.15) is 14.6 Å². The third-order valence-electron chi connectivity index (χ3n) is 4.75. The molecule has 0 saturated heterocycles. The summed E-state index contributed by atoms with van der Waals surface area (Å²) in [4.78, 5) is 25.6. The predicted octanol–water partition coefficient (Wildman–Crippen LogP) is 4.43. The summed E-state index contributed by atoms with van der Waals surface area (Å²) in [6.07, 6.45) is 1.46. The molecule has 0 aromatic heterocycles. The minimum atomic E-state index is -0.131. The summed E-state index contributed by atoms with van der Waals surface area (Å²) in [5.74, 6) is 0.603. The standard InChI is InChI=1S/C22H13O3P/c23-19-12-18(21(24)15-8-2-1-6-13(15)19)17-10-5-9-16-14-7-3-4-11-20(14)25-26-22(16)17/h1-12,26H. The van der Waals surface area contributed by atoms with Crippen molar-refractivity contribution < 1.29 is 14.1 Å². The van der Waals surface area contributed by atoms with Crippen LogP contribution in [0, 0.1) is 0 Å². The fourth-order valence-corrected chi connectivity index (χ4v) is 4.56. The first-order valence-corrected chi connectivity index (χ1v) is 9.20. The molecular formula is C22H13O3P. The van der Waals surface area contributed by atoms with Crippen molar-refractivity contribution in [2.45, 2.75) is 0 Å². The lowest BCUT2D eigenvalue weighted by molar-refractivity contribution is 0.100. The summed E-state index contributed by atoms with van der Waals surface area (Å²) in [5.41, 5.74) is 4.23. The summed E-state index contributed by atoms with van der Waals surface area (Å²) in [5, 5.41) is 0.970. The second-order valence-corrected chi connectivity index (χ2v) is 7.13. The Morgan fingerprint density at radius 1 is 0.654 bits per heavy atom. The molecule has 4 heteroatoms. The zero-order chi connectivity index (χ0) is 17.7. The van der Waals surface area contributed by atoms with Gasteiger partial charge in [-0.05, 0) is 23.3 Å². The highest BCUT2D eigenvalue weighted by molar-refractivity contribution is 7.43. The van der Waals surface area contributed by atoms with E-state index in [1.807, 2.05) is 42.5 Å². The summed E-state index contributed by atoms with van der Waals surface area (Å²) in [7, 11) is 0.0933. The van der Waals surface area contributed by atoms with E-state index in [9.17, 15) is 9.59 Å². The van der Waals surface area contributed by atoms with Crippen molar-refractivity contribution in [2.75, 3.05) is 0 Å². The smallest absolute Gasteiger partial charge is 0.194 e. The van der Waals surface area contributed by atoms with Crippen LogP contribution in [0.3, 0.4) is 0 Å². The summed E-state index contributed by atoms with van der Waals surface area (Å²) < 4.78 is 5.92. The molecule has 0 N–H and O–H groups in total. The SMILES string of the molecule is O=C1C=C(c2cccc3c2POc2ccccc2-3)C(=O)c2ccccc21. The molecule has 0 saturated carbocycles. The molecule has 3 aromatic carbocycles. The van der Waals surface area contributed by atoms with E-state index >= 15 is 0 Å². The molecule has 3 aromatic rings. The lowest BCUT2D eigenvalue weighted by Gasteiger charge is -2.24. The number of hydrogen-bond donors (Lipinski definition) is 0. The molecule has 3 nitrogen and oxygen atoms in total. The van der Waals surface area contributed by atoms with Gasteiger partial charge in [-0.15, -0.1) is 0 Å². The van der Waals surface area contributed by atoms with Gasteiger partial charge in [0, 0.05) is 27.6 Å². The van der Waals surface area contributed by atoms with E-state index in [0.29, 0.717) is 16.7 Å². The average molecular weight is 356 g/mol. The number of rotatable bonds is 1. The molecule has 1 aliphatic heterocycles. The lowest BCUT2D eigenvalue weighted by Crippen LogP contribution is -2.21. The van der Waals surface area contributed by atoms with Crippen LogP contribution in [0.4, 0.5) is 0 Å². The largest absolute Gasteiger partial charge is 0.472 e. The van der Waals surface area contributed by atoms with Gasteiger partial charge < -0.3 is 4.52 Å².